The number of anilines is 2. The first kappa shape index (κ1) is 18.3. The van der Waals surface area contributed by atoms with Crippen molar-refractivity contribution in [2.75, 3.05) is 12.1 Å². The number of nitrogens with zero attached hydrogens (tertiary/aromatic N) is 4. The Morgan fingerprint density at radius 1 is 1.07 bits per heavy atom. The highest BCUT2D eigenvalue weighted by molar-refractivity contribution is 6.30. The first-order valence-corrected chi connectivity index (χ1v) is 9.50. The minimum Gasteiger partial charge on any atom is -0.454 e. The van der Waals surface area contributed by atoms with Gasteiger partial charge in [0.1, 0.15) is 10.9 Å². The number of ether oxygens (including phenoxy) is 3. The maximum absolute atomic E-state index is 6.31. The van der Waals surface area contributed by atoms with E-state index in [-0.39, 0.29) is 6.79 Å². The molecule has 0 bridgehead atoms. The summed E-state index contributed by atoms with van der Waals surface area (Å²) in [7, 11) is 0. The summed E-state index contributed by atoms with van der Waals surface area (Å²) in [6.07, 6.45) is 5.34. The van der Waals surface area contributed by atoms with Gasteiger partial charge in [-0.1, -0.05) is 11.6 Å². The molecule has 0 radical (unpaired) electrons. The van der Waals surface area contributed by atoms with Gasteiger partial charge in [0.05, 0.1) is 6.33 Å². The molecule has 0 saturated carbocycles. The highest BCUT2D eigenvalue weighted by atomic mass is 35.5. The Morgan fingerprint density at radius 2 is 1.90 bits per heavy atom. The largest absolute Gasteiger partial charge is 0.454 e. The fourth-order valence-corrected chi connectivity index (χ4v) is 3.10. The van der Waals surface area contributed by atoms with E-state index in [0.29, 0.717) is 39.8 Å². The highest BCUT2D eigenvalue weighted by Gasteiger charge is 2.15. The smallest absolute Gasteiger partial charge is 0.231 e. The minimum atomic E-state index is 0.212. The van der Waals surface area contributed by atoms with Crippen LogP contribution in [0.5, 0.6) is 23.1 Å². The normalized spacial score (nSPS) is 12.1. The maximum Gasteiger partial charge on any atom is 0.231 e. The Morgan fingerprint density at radius 3 is 2.70 bits per heavy atom. The third-order valence-electron chi connectivity index (χ3n) is 4.52. The summed E-state index contributed by atoms with van der Waals surface area (Å²) < 4.78 is 18.6. The highest BCUT2D eigenvalue weighted by Crippen LogP contribution is 2.35. The van der Waals surface area contributed by atoms with E-state index in [1.807, 2.05) is 60.2 Å². The molecule has 0 fully saturated rings. The molecule has 1 aliphatic heterocycles. The van der Waals surface area contributed by atoms with E-state index in [1.54, 1.807) is 12.5 Å². The summed E-state index contributed by atoms with van der Waals surface area (Å²) in [6.45, 7) is 2.02. The summed E-state index contributed by atoms with van der Waals surface area (Å²) in [6, 6.07) is 13.1. The van der Waals surface area contributed by atoms with E-state index >= 15 is 0 Å². The quantitative estimate of drug-likeness (QED) is 0.459. The monoisotopic (exact) mass is 421 g/mol. The van der Waals surface area contributed by atoms with Gasteiger partial charge in [0.25, 0.3) is 0 Å². The zero-order valence-corrected chi connectivity index (χ0v) is 16.6. The van der Waals surface area contributed by atoms with Gasteiger partial charge in [-0.05, 0) is 43.3 Å². The molecule has 1 N–H and O–H groups in total. The van der Waals surface area contributed by atoms with Gasteiger partial charge < -0.3 is 24.1 Å². The van der Waals surface area contributed by atoms with Gasteiger partial charge in [0, 0.05) is 35.4 Å². The lowest BCUT2D eigenvalue weighted by Crippen LogP contribution is -2.02. The van der Waals surface area contributed by atoms with E-state index in [4.69, 9.17) is 25.8 Å². The summed E-state index contributed by atoms with van der Waals surface area (Å²) >= 11 is 6.31. The predicted molar refractivity (Wildman–Crippen MR) is 111 cm³/mol. The van der Waals surface area contributed by atoms with Crippen LogP contribution >= 0.6 is 11.6 Å². The van der Waals surface area contributed by atoms with Crippen LogP contribution in [0.2, 0.25) is 5.15 Å². The lowest BCUT2D eigenvalue weighted by molar-refractivity contribution is 0.174. The number of nitrogens with one attached hydrogen (secondary N) is 1. The van der Waals surface area contributed by atoms with Crippen molar-refractivity contribution in [2.45, 2.75) is 6.92 Å². The molecule has 8 nitrogen and oxygen atoms in total. The van der Waals surface area contributed by atoms with Crippen LogP contribution in [0, 0.1) is 6.92 Å². The zero-order valence-electron chi connectivity index (χ0n) is 15.9. The van der Waals surface area contributed by atoms with Crippen LogP contribution in [0.1, 0.15) is 5.56 Å². The average molecular weight is 422 g/mol. The van der Waals surface area contributed by atoms with Crippen LogP contribution in [0.25, 0.3) is 5.69 Å². The van der Waals surface area contributed by atoms with Gasteiger partial charge in [0.15, 0.2) is 11.5 Å². The molecular weight excluding hydrogens is 406 g/mol. The van der Waals surface area contributed by atoms with Crippen molar-refractivity contribution in [3.05, 3.63) is 71.9 Å². The Labute approximate surface area is 177 Å². The molecular formula is C21H16ClN5O3. The Bertz CT molecular complexity index is 1200. The molecule has 3 heterocycles. The number of rotatable bonds is 5. The molecule has 5 rings (SSSR count). The Balaban J connectivity index is 1.38. The molecule has 150 valence electrons. The van der Waals surface area contributed by atoms with E-state index in [1.165, 1.54) is 0 Å². The maximum atomic E-state index is 6.31. The fraction of sp³-hybridized carbons (Fsp3) is 0.0952. The molecule has 0 saturated heterocycles. The van der Waals surface area contributed by atoms with Crippen LogP contribution in [-0.2, 0) is 0 Å². The molecule has 30 heavy (non-hydrogen) atoms. The predicted octanol–water partition coefficient (Wildman–Crippen LogP) is 4.89. The number of halogens is 1. The second-order valence-corrected chi connectivity index (χ2v) is 6.89. The molecule has 0 spiro atoms. The van der Waals surface area contributed by atoms with Crippen molar-refractivity contribution in [3.8, 4) is 28.8 Å². The lowest BCUT2D eigenvalue weighted by atomic mass is 10.3. The first-order valence-electron chi connectivity index (χ1n) is 9.13. The molecule has 0 atom stereocenters. The zero-order chi connectivity index (χ0) is 20.5. The van der Waals surface area contributed by atoms with Crippen LogP contribution in [0.4, 0.5) is 11.6 Å². The SMILES string of the molecule is Cc1c(Cl)nc(Nc2ccc3c(c2)OCO3)nc1Oc1ccc(-n2ccnc2)cc1. The molecule has 1 aliphatic rings. The Hall–Kier alpha value is -3.78. The van der Waals surface area contributed by atoms with E-state index in [0.717, 1.165) is 11.4 Å². The molecule has 0 unspecified atom stereocenters. The van der Waals surface area contributed by atoms with Gasteiger partial charge >= 0.3 is 0 Å². The van der Waals surface area contributed by atoms with Gasteiger partial charge in [-0.2, -0.15) is 4.98 Å². The van der Waals surface area contributed by atoms with Gasteiger partial charge in [-0.25, -0.2) is 9.97 Å². The molecule has 2 aromatic heterocycles. The minimum absolute atomic E-state index is 0.212. The number of imidazole rings is 1. The molecule has 9 heteroatoms. The van der Waals surface area contributed by atoms with E-state index in [9.17, 15) is 0 Å². The average Bonchev–Trinajstić information content (AvgIpc) is 3.44. The van der Waals surface area contributed by atoms with Crippen molar-refractivity contribution < 1.29 is 14.2 Å². The number of hydrogen-bond acceptors (Lipinski definition) is 7. The number of aromatic nitrogens is 4. The second-order valence-electron chi connectivity index (χ2n) is 6.53. The third kappa shape index (κ3) is 3.60. The third-order valence-corrected chi connectivity index (χ3v) is 4.89. The van der Waals surface area contributed by atoms with Crippen LogP contribution in [-0.4, -0.2) is 26.3 Å². The topological polar surface area (TPSA) is 83.3 Å². The van der Waals surface area contributed by atoms with Crippen molar-refractivity contribution in [1.82, 2.24) is 19.5 Å². The summed E-state index contributed by atoms with van der Waals surface area (Å²) in [5, 5.41) is 3.43. The Kier molecular flexibility index (Phi) is 4.61. The molecule has 4 aromatic rings. The lowest BCUT2D eigenvalue weighted by Gasteiger charge is -2.12. The van der Waals surface area contributed by atoms with E-state index in [2.05, 4.69) is 20.3 Å². The summed E-state index contributed by atoms with van der Waals surface area (Å²) in [5.41, 5.74) is 2.36. The van der Waals surface area contributed by atoms with Crippen LogP contribution in [0.3, 0.4) is 0 Å². The first-order chi connectivity index (χ1) is 14.7. The van der Waals surface area contributed by atoms with E-state index < -0.39 is 0 Å². The molecule has 0 aliphatic carbocycles. The second kappa shape index (κ2) is 7.57. The van der Waals surface area contributed by atoms with Crippen LogP contribution in [0.15, 0.2) is 61.2 Å². The number of fused-ring (bicyclic) bond motifs is 1. The molecule has 0 amide bonds. The summed E-state index contributed by atoms with van der Waals surface area (Å²) in [4.78, 5) is 12.8. The van der Waals surface area contributed by atoms with Crippen molar-refractivity contribution in [2.24, 2.45) is 0 Å². The fourth-order valence-electron chi connectivity index (χ4n) is 2.94. The van der Waals surface area contributed by atoms with Crippen molar-refractivity contribution in [1.29, 1.82) is 0 Å². The van der Waals surface area contributed by atoms with Gasteiger partial charge in [0.2, 0.25) is 18.6 Å². The number of benzene rings is 2. The standard InChI is InChI=1S/C21H16ClN5O3/c1-13-19(22)25-21(24-14-2-7-17-18(10-14)29-12-28-17)26-20(13)30-16-5-3-15(4-6-16)27-9-8-23-11-27/h2-11H,12H2,1H3,(H,24,25,26). The molecule has 2 aromatic carbocycles. The van der Waals surface area contributed by atoms with Gasteiger partial charge in [-0.3, -0.25) is 0 Å². The van der Waals surface area contributed by atoms with Crippen molar-refractivity contribution >= 4 is 23.2 Å². The van der Waals surface area contributed by atoms with Crippen molar-refractivity contribution in [3.63, 3.8) is 0 Å². The van der Waals surface area contributed by atoms with Crippen LogP contribution < -0.4 is 19.5 Å². The summed E-state index contributed by atoms with van der Waals surface area (Å²) in [5.74, 6) is 2.67. The number of hydrogen-bond donors (Lipinski definition) is 1. The van der Waals surface area contributed by atoms with Gasteiger partial charge in [-0.15, -0.1) is 0 Å².